The van der Waals surface area contributed by atoms with Gasteiger partial charge in [-0.1, -0.05) is 30.3 Å². The molecule has 0 spiro atoms. The minimum atomic E-state index is -0.304. The summed E-state index contributed by atoms with van der Waals surface area (Å²) in [6, 6.07) is 10.1. The van der Waals surface area contributed by atoms with E-state index in [0.717, 1.165) is 37.8 Å². The SMILES string of the molecule is CC(C)OC(=O)CC1CCCN(C(=O)C2(c3ccccc3)CC2)C1. The number of esters is 1. The summed E-state index contributed by atoms with van der Waals surface area (Å²) >= 11 is 0. The van der Waals surface area contributed by atoms with Gasteiger partial charge in [0.25, 0.3) is 0 Å². The predicted molar refractivity (Wildman–Crippen MR) is 92.5 cm³/mol. The first-order chi connectivity index (χ1) is 11.5. The molecule has 3 rings (SSSR count). The second kappa shape index (κ2) is 6.96. The van der Waals surface area contributed by atoms with Crippen molar-refractivity contribution in [2.75, 3.05) is 13.1 Å². The molecule has 0 bridgehead atoms. The summed E-state index contributed by atoms with van der Waals surface area (Å²) < 4.78 is 5.26. The van der Waals surface area contributed by atoms with E-state index in [1.54, 1.807) is 0 Å². The van der Waals surface area contributed by atoms with Gasteiger partial charge < -0.3 is 9.64 Å². The van der Waals surface area contributed by atoms with Gasteiger partial charge >= 0.3 is 5.97 Å². The minimum absolute atomic E-state index is 0.0772. The van der Waals surface area contributed by atoms with Gasteiger partial charge in [-0.2, -0.15) is 0 Å². The van der Waals surface area contributed by atoms with Gasteiger partial charge in [-0.05, 0) is 51.0 Å². The van der Waals surface area contributed by atoms with Crippen LogP contribution in [0.25, 0.3) is 0 Å². The number of likely N-dealkylation sites (tertiary alicyclic amines) is 1. The van der Waals surface area contributed by atoms with E-state index >= 15 is 0 Å². The third-order valence-electron chi connectivity index (χ3n) is 5.11. The number of benzene rings is 1. The van der Waals surface area contributed by atoms with Crippen molar-refractivity contribution in [2.24, 2.45) is 5.92 Å². The van der Waals surface area contributed by atoms with E-state index in [4.69, 9.17) is 4.74 Å². The van der Waals surface area contributed by atoms with Crippen molar-refractivity contribution in [3.8, 4) is 0 Å². The maximum atomic E-state index is 13.1. The number of hydrogen-bond acceptors (Lipinski definition) is 3. The fourth-order valence-corrected chi connectivity index (χ4v) is 3.77. The lowest BCUT2D eigenvalue weighted by Crippen LogP contribution is -2.45. The molecule has 1 atom stereocenters. The number of piperidine rings is 1. The molecule has 4 heteroatoms. The highest BCUT2D eigenvalue weighted by Gasteiger charge is 2.53. The van der Waals surface area contributed by atoms with E-state index in [0.29, 0.717) is 13.0 Å². The molecule has 1 aliphatic heterocycles. The molecule has 1 aromatic rings. The monoisotopic (exact) mass is 329 g/mol. The molecule has 1 aliphatic carbocycles. The van der Waals surface area contributed by atoms with Gasteiger partial charge in [0.1, 0.15) is 0 Å². The first kappa shape index (κ1) is 17.0. The van der Waals surface area contributed by atoms with Crippen molar-refractivity contribution >= 4 is 11.9 Å². The topological polar surface area (TPSA) is 46.6 Å². The van der Waals surface area contributed by atoms with Crippen LogP contribution in [0.2, 0.25) is 0 Å². The molecule has 1 saturated carbocycles. The molecule has 1 amide bonds. The van der Waals surface area contributed by atoms with Crippen LogP contribution >= 0.6 is 0 Å². The lowest BCUT2D eigenvalue weighted by Gasteiger charge is -2.35. The number of carbonyl (C=O) groups excluding carboxylic acids is 2. The summed E-state index contributed by atoms with van der Waals surface area (Å²) in [5.74, 6) is 0.324. The van der Waals surface area contributed by atoms with Crippen LogP contribution in [0.3, 0.4) is 0 Å². The maximum absolute atomic E-state index is 13.1. The quantitative estimate of drug-likeness (QED) is 0.779. The Morgan fingerprint density at radius 3 is 2.58 bits per heavy atom. The average Bonchev–Trinajstić information content (AvgIpc) is 3.36. The fourth-order valence-electron chi connectivity index (χ4n) is 3.77. The molecule has 0 radical (unpaired) electrons. The van der Waals surface area contributed by atoms with Crippen molar-refractivity contribution in [1.82, 2.24) is 4.90 Å². The van der Waals surface area contributed by atoms with Crippen LogP contribution in [-0.2, 0) is 19.7 Å². The van der Waals surface area contributed by atoms with Gasteiger partial charge in [0, 0.05) is 13.1 Å². The number of amides is 1. The van der Waals surface area contributed by atoms with Crippen LogP contribution in [0.5, 0.6) is 0 Å². The maximum Gasteiger partial charge on any atom is 0.306 e. The van der Waals surface area contributed by atoms with Crippen LogP contribution < -0.4 is 0 Å². The predicted octanol–water partition coefficient (Wildman–Crippen LogP) is 3.30. The van der Waals surface area contributed by atoms with E-state index in [-0.39, 0.29) is 29.3 Å². The third kappa shape index (κ3) is 3.63. The highest BCUT2D eigenvalue weighted by atomic mass is 16.5. The zero-order valence-corrected chi connectivity index (χ0v) is 14.7. The Morgan fingerprint density at radius 2 is 1.96 bits per heavy atom. The summed E-state index contributed by atoms with van der Waals surface area (Å²) in [5.41, 5.74) is 0.832. The lowest BCUT2D eigenvalue weighted by molar-refractivity contribution is -0.150. The number of nitrogens with zero attached hydrogens (tertiary/aromatic N) is 1. The van der Waals surface area contributed by atoms with E-state index in [1.165, 1.54) is 0 Å². The molecule has 1 saturated heterocycles. The molecule has 2 fully saturated rings. The molecule has 130 valence electrons. The molecule has 2 aliphatic rings. The molecule has 4 nitrogen and oxygen atoms in total. The second-order valence-electron chi connectivity index (χ2n) is 7.45. The first-order valence-corrected chi connectivity index (χ1v) is 9.05. The van der Waals surface area contributed by atoms with Crippen molar-refractivity contribution in [2.45, 2.75) is 57.5 Å². The van der Waals surface area contributed by atoms with Crippen LogP contribution in [0, 0.1) is 5.92 Å². The average molecular weight is 329 g/mol. The van der Waals surface area contributed by atoms with E-state index < -0.39 is 0 Å². The van der Waals surface area contributed by atoms with Crippen LogP contribution in [0.4, 0.5) is 0 Å². The molecular formula is C20H27NO3. The van der Waals surface area contributed by atoms with Gasteiger partial charge in [0.15, 0.2) is 0 Å². The summed E-state index contributed by atoms with van der Waals surface area (Å²) in [6.45, 7) is 5.22. The van der Waals surface area contributed by atoms with Gasteiger partial charge in [-0.25, -0.2) is 0 Å². The Morgan fingerprint density at radius 1 is 1.25 bits per heavy atom. The highest BCUT2D eigenvalue weighted by Crippen LogP contribution is 2.50. The Kier molecular flexibility index (Phi) is 4.93. The Hall–Kier alpha value is -1.84. The summed E-state index contributed by atoms with van der Waals surface area (Å²) in [7, 11) is 0. The molecule has 0 aromatic heterocycles. The molecule has 24 heavy (non-hydrogen) atoms. The normalized spacial score (nSPS) is 22.3. The number of rotatable bonds is 5. The molecule has 1 heterocycles. The molecule has 0 N–H and O–H groups in total. The zero-order chi connectivity index (χ0) is 17.2. The summed E-state index contributed by atoms with van der Waals surface area (Å²) in [5, 5.41) is 0. The Bertz CT molecular complexity index is 592. The second-order valence-corrected chi connectivity index (χ2v) is 7.45. The number of ether oxygens (including phenoxy) is 1. The van der Waals surface area contributed by atoms with Crippen molar-refractivity contribution in [3.05, 3.63) is 35.9 Å². The highest BCUT2D eigenvalue weighted by molar-refractivity contribution is 5.91. The van der Waals surface area contributed by atoms with E-state index in [1.807, 2.05) is 36.9 Å². The minimum Gasteiger partial charge on any atom is -0.463 e. The lowest BCUT2D eigenvalue weighted by atomic mass is 9.90. The van der Waals surface area contributed by atoms with Gasteiger partial charge in [-0.3, -0.25) is 9.59 Å². The van der Waals surface area contributed by atoms with Crippen molar-refractivity contribution in [1.29, 1.82) is 0 Å². The van der Waals surface area contributed by atoms with Crippen LogP contribution in [0.1, 0.15) is 51.5 Å². The Labute approximate surface area is 144 Å². The summed E-state index contributed by atoms with van der Waals surface area (Å²) in [6.07, 6.45) is 4.18. The standard InChI is InChI=1S/C20H27NO3/c1-15(2)24-18(22)13-16-7-6-12-21(14-16)19(23)20(10-11-20)17-8-4-3-5-9-17/h3-5,8-9,15-16H,6-7,10-14H2,1-2H3. The van der Waals surface area contributed by atoms with Crippen LogP contribution in [-0.4, -0.2) is 36.0 Å². The molecule has 1 aromatic carbocycles. The molecule has 1 unspecified atom stereocenters. The fraction of sp³-hybridized carbons (Fsp3) is 0.600. The number of hydrogen-bond donors (Lipinski definition) is 0. The van der Waals surface area contributed by atoms with Crippen molar-refractivity contribution < 1.29 is 14.3 Å². The first-order valence-electron chi connectivity index (χ1n) is 9.05. The zero-order valence-electron chi connectivity index (χ0n) is 14.7. The third-order valence-corrected chi connectivity index (χ3v) is 5.11. The van der Waals surface area contributed by atoms with Gasteiger partial charge in [0.05, 0.1) is 17.9 Å². The van der Waals surface area contributed by atoms with E-state index in [2.05, 4.69) is 12.1 Å². The van der Waals surface area contributed by atoms with E-state index in [9.17, 15) is 9.59 Å². The number of carbonyl (C=O) groups is 2. The van der Waals surface area contributed by atoms with Crippen LogP contribution in [0.15, 0.2) is 30.3 Å². The molecular weight excluding hydrogens is 302 g/mol. The largest absolute Gasteiger partial charge is 0.463 e. The summed E-state index contributed by atoms with van der Waals surface area (Å²) in [4.78, 5) is 27.0. The smallest absolute Gasteiger partial charge is 0.306 e. The van der Waals surface area contributed by atoms with Crippen molar-refractivity contribution in [3.63, 3.8) is 0 Å². The van der Waals surface area contributed by atoms with Gasteiger partial charge in [0.2, 0.25) is 5.91 Å². The van der Waals surface area contributed by atoms with Gasteiger partial charge in [-0.15, -0.1) is 0 Å². The Balaban J connectivity index is 1.63.